The van der Waals surface area contributed by atoms with E-state index < -0.39 is 0 Å². The number of amides is 1. The summed E-state index contributed by atoms with van der Waals surface area (Å²) in [7, 11) is 0. The van der Waals surface area contributed by atoms with Crippen molar-refractivity contribution in [2.24, 2.45) is 0 Å². The van der Waals surface area contributed by atoms with Crippen molar-refractivity contribution in [1.82, 2.24) is 4.90 Å². The molecule has 1 N–H and O–H groups in total. The van der Waals surface area contributed by atoms with Crippen LogP contribution in [-0.4, -0.2) is 35.7 Å². The minimum atomic E-state index is -0.196. The number of hydrogen-bond acceptors (Lipinski definition) is 3. The third-order valence-electron chi connectivity index (χ3n) is 3.32. The third-order valence-corrected chi connectivity index (χ3v) is 3.32. The Labute approximate surface area is 107 Å². The number of benzene rings is 1. The molecule has 2 rings (SSSR count). The lowest BCUT2D eigenvalue weighted by Gasteiger charge is -2.30. The number of anilines is 1. The monoisotopic (exact) mass is 246 g/mol. The molecule has 0 aromatic heterocycles. The van der Waals surface area contributed by atoms with Crippen molar-refractivity contribution in [3.8, 4) is 0 Å². The molecule has 96 valence electrons. The van der Waals surface area contributed by atoms with Gasteiger partial charge in [-0.05, 0) is 19.1 Å². The summed E-state index contributed by atoms with van der Waals surface area (Å²) in [6.07, 6.45) is 1.12. The summed E-state index contributed by atoms with van der Waals surface area (Å²) in [6, 6.07) is 9.22. The molecule has 0 bridgehead atoms. The number of para-hydroxylation sites is 1. The molecule has 0 saturated carbocycles. The molecule has 1 atom stereocenters. The standard InChI is InChI=1S/C14H18N2O2/c1-11(16-9-7-13(17)8-10-16)14(18)15-12-5-3-2-4-6-12/h2-6,11H,7-10H2,1H3,(H,15,18). The molecule has 1 aromatic carbocycles. The van der Waals surface area contributed by atoms with Gasteiger partial charge in [-0.2, -0.15) is 0 Å². The number of nitrogens with one attached hydrogen (secondary N) is 1. The normalized spacial score (nSPS) is 18.4. The number of piperidine rings is 1. The molecule has 4 nitrogen and oxygen atoms in total. The van der Waals surface area contributed by atoms with E-state index >= 15 is 0 Å². The number of carbonyl (C=O) groups excluding carboxylic acids is 2. The van der Waals surface area contributed by atoms with Crippen molar-refractivity contribution < 1.29 is 9.59 Å². The van der Waals surface area contributed by atoms with Crippen LogP contribution in [0.25, 0.3) is 0 Å². The highest BCUT2D eigenvalue weighted by molar-refractivity contribution is 5.94. The molecule has 0 spiro atoms. The van der Waals surface area contributed by atoms with Crippen LogP contribution in [-0.2, 0) is 9.59 Å². The smallest absolute Gasteiger partial charge is 0.241 e. The van der Waals surface area contributed by atoms with Gasteiger partial charge >= 0.3 is 0 Å². The summed E-state index contributed by atoms with van der Waals surface area (Å²) in [4.78, 5) is 25.3. The molecule has 0 radical (unpaired) electrons. The van der Waals surface area contributed by atoms with Crippen LogP contribution in [0.3, 0.4) is 0 Å². The highest BCUT2D eigenvalue weighted by Gasteiger charge is 2.25. The number of carbonyl (C=O) groups is 2. The molecular weight excluding hydrogens is 228 g/mol. The average molecular weight is 246 g/mol. The van der Waals surface area contributed by atoms with Crippen LogP contribution in [0, 0.1) is 0 Å². The van der Waals surface area contributed by atoms with Crippen LogP contribution < -0.4 is 5.32 Å². The highest BCUT2D eigenvalue weighted by atomic mass is 16.2. The van der Waals surface area contributed by atoms with Crippen LogP contribution in [0.1, 0.15) is 19.8 Å². The molecule has 1 unspecified atom stereocenters. The van der Waals surface area contributed by atoms with Crippen molar-refractivity contribution in [3.05, 3.63) is 30.3 Å². The predicted octanol–water partition coefficient (Wildman–Crippen LogP) is 1.68. The second kappa shape index (κ2) is 5.78. The highest BCUT2D eigenvalue weighted by Crippen LogP contribution is 2.12. The third kappa shape index (κ3) is 3.17. The van der Waals surface area contributed by atoms with E-state index in [1.54, 1.807) is 0 Å². The quantitative estimate of drug-likeness (QED) is 0.882. The molecule has 18 heavy (non-hydrogen) atoms. The van der Waals surface area contributed by atoms with Crippen molar-refractivity contribution in [1.29, 1.82) is 0 Å². The topological polar surface area (TPSA) is 49.4 Å². The molecule has 1 heterocycles. The summed E-state index contributed by atoms with van der Waals surface area (Å²) in [5, 5.41) is 2.88. The fourth-order valence-corrected chi connectivity index (χ4v) is 2.09. The average Bonchev–Trinajstić information content (AvgIpc) is 2.40. The van der Waals surface area contributed by atoms with E-state index in [1.807, 2.05) is 37.3 Å². The van der Waals surface area contributed by atoms with Gasteiger partial charge < -0.3 is 5.32 Å². The summed E-state index contributed by atoms with van der Waals surface area (Å²) >= 11 is 0. The molecule has 4 heteroatoms. The maximum atomic E-state index is 12.1. The lowest BCUT2D eigenvalue weighted by atomic mass is 10.1. The Morgan fingerprint density at radius 2 is 1.83 bits per heavy atom. The number of hydrogen-bond donors (Lipinski definition) is 1. The Balaban J connectivity index is 1.91. The van der Waals surface area contributed by atoms with Gasteiger partial charge in [0.25, 0.3) is 0 Å². The van der Waals surface area contributed by atoms with Crippen LogP contribution in [0.5, 0.6) is 0 Å². The molecule has 1 amide bonds. The molecule has 1 fully saturated rings. The lowest BCUT2D eigenvalue weighted by Crippen LogP contribution is -2.46. The lowest BCUT2D eigenvalue weighted by molar-refractivity contribution is -0.126. The van der Waals surface area contributed by atoms with E-state index in [2.05, 4.69) is 10.2 Å². The fourth-order valence-electron chi connectivity index (χ4n) is 2.09. The number of nitrogens with zero attached hydrogens (tertiary/aromatic N) is 1. The van der Waals surface area contributed by atoms with Gasteiger partial charge in [0.05, 0.1) is 6.04 Å². The van der Waals surface area contributed by atoms with Gasteiger partial charge in [-0.15, -0.1) is 0 Å². The molecule has 0 aliphatic carbocycles. The van der Waals surface area contributed by atoms with Gasteiger partial charge in [0.2, 0.25) is 5.91 Å². The van der Waals surface area contributed by atoms with E-state index in [1.165, 1.54) is 0 Å². The summed E-state index contributed by atoms with van der Waals surface area (Å²) in [5.74, 6) is 0.275. The SMILES string of the molecule is CC(C(=O)Nc1ccccc1)N1CCC(=O)CC1. The van der Waals surface area contributed by atoms with Gasteiger partial charge in [-0.25, -0.2) is 0 Å². The van der Waals surface area contributed by atoms with Crippen LogP contribution in [0.4, 0.5) is 5.69 Å². The number of ketones is 1. The number of likely N-dealkylation sites (tertiary alicyclic amines) is 1. The van der Waals surface area contributed by atoms with Crippen molar-refractivity contribution in [2.45, 2.75) is 25.8 Å². The molecule has 1 saturated heterocycles. The van der Waals surface area contributed by atoms with Gasteiger partial charge in [-0.1, -0.05) is 18.2 Å². The summed E-state index contributed by atoms with van der Waals surface area (Å²) in [6.45, 7) is 3.25. The fraction of sp³-hybridized carbons (Fsp3) is 0.429. The summed E-state index contributed by atoms with van der Waals surface area (Å²) < 4.78 is 0. The van der Waals surface area contributed by atoms with Gasteiger partial charge in [0.15, 0.2) is 0 Å². The first-order chi connectivity index (χ1) is 8.66. The second-order valence-electron chi connectivity index (χ2n) is 4.61. The van der Waals surface area contributed by atoms with Crippen LogP contribution in [0.2, 0.25) is 0 Å². The minimum Gasteiger partial charge on any atom is -0.325 e. The molecule has 1 aromatic rings. The Bertz CT molecular complexity index is 421. The van der Waals surface area contributed by atoms with E-state index in [-0.39, 0.29) is 11.9 Å². The maximum Gasteiger partial charge on any atom is 0.241 e. The van der Waals surface area contributed by atoms with E-state index in [0.29, 0.717) is 31.7 Å². The van der Waals surface area contributed by atoms with Gasteiger partial charge in [0, 0.05) is 31.6 Å². The zero-order valence-electron chi connectivity index (χ0n) is 10.6. The predicted molar refractivity (Wildman–Crippen MR) is 70.3 cm³/mol. The van der Waals surface area contributed by atoms with Gasteiger partial charge in [-0.3, -0.25) is 14.5 Å². The largest absolute Gasteiger partial charge is 0.325 e. The van der Waals surface area contributed by atoms with Crippen molar-refractivity contribution >= 4 is 17.4 Å². The van der Waals surface area contributed by atoms with E-state index in [9.17, 15) is 9.59 Å². The van der Waals surface area contributed by atoms with E-state index in [0.717, 1.165) is 5.69 Å². The van der Waals surface area contributed by atoms with Crippen molar-refractivity contribution in [3.63, 3.8) is 0 Å². The first kappa shape index (κ1) is 12.8. The van der Waals surface area contributed by atoms with Crippen LogP contribution in [0.15, 0.2) is 30.3 Å². The zero-order chi connectivity index (χ0) is 13.0. The number of Topliss-reactive ketones (excluding diaryl/α,β-unsaturated/α-hetero) is 1. The first-order valence-electron chi connectivity index (χ1n) is 6.28. The summed E-state index contributed by atoms with van der Waals surface area (Å²) in [5.41, 5.74) is 0.808. The Morgan fingerprint density at radius 1 is 1.22 bits per heavy atom. The Hall–Kier alpha value is -1.68. The Morgan fingerprint density at radius 3 is 2.44 bits per heavy atom. The zero-order valence-corrected chi connectivity index (χ0v) is 10.6. The molecule has 1 aliphatic heterocycles. The van der Waals surface area contributed by atoms with E-state index in [4.69, 9.17) is 0 Å². The molecule has 1 aliphatic rings. The molecular formula is C14H18N2O2. The van der Waals surface area contributed by atoms with Crippen LogP contribution >= 0.6 is 0 Å². The number of rotatable bonds is 3. The Kier molecular flexibility index (Phi) is 4.10. The van der Waals surface area contributed by atoms with Gasteiger partial charge in [0.1, 0.15) is 5.78 Å². The first-order valence-corrected chi connectivity index (χ1v) is 6.28. The maximum absolute atomic E-state index is 12.1. The van der Waals surface area contributed by atoms with Crippen molar-refractivity contribution in [2.75, 3.05) is 18.4 Å². The second-order valence-corrected chi connectivity index (χ2v) is 4.61. The minimum absolute atomic E-state index is 0.0180.